The fourth-order valence-corrected chi connectivity index (χ4v) is 5.28. The van der Waals surface area contributed by atoms with E-state index in [2.05, 4.69) is 50.0 Å². The fraction of sp³-hybridized carbons (Fsp3) is 0.741. The van der Waals surface area contributed by atoms with Gasteiger partial charge in [-0.15, -0.1) is 24.2 Å². The van der Waals surface area contributed by atoms with Gasteiger partial charge in [-0.3, -0.25) is 5.14 Å². The van der Waals surface area contributed by atoms with E-state index < -0.39 is 0 Å². The van der Waals surface area contributed by atoms with E-state index in [9.17, 15) is 0 Å². The third kappa shape index (κ3) is 12.9. The molecule has 31 heavy (non-hydrogen) atoms. The van der Waals surface area contributed by atoms with Crippen molar-refractivity contribution in [1.82, 2.24) is 4.98 Å². The lowest BCUT2D eigenvalue weighted by Gasteiger charge is -2.03. The number of aromatic nitrogens is 1. The Morgan fingerprint density at radius 1 is 0.677 bits per heavy atom. The molecule has 0 atom stereocenters. The van der Waals surface area contributed by atoms with Gasteiger partial charge in [0.25, 0.3) is 0 Å². The largest absolute Gasteiger partial charge is 0.281 e. The number of nitrogens with zero attached hydrogens (tertiary/aromatic N) is 1. The van der Waals surface area contributed by atoms with Crippen molar-refractivity contribution in [3.05, 3.63) is 28.8 Å². The second kappa shape index (κ2) is 20.1. The second-order valence-electron chi connectivity index (χ2n) is 8.82. The van der Waals surface area contributed by atoms with Gasteiger partial charge in [-0.05, 0) is 37.3 Å². The summed E-state index contributed by atoms with van der Waals surface area (Å²) in [6.07, 6.45) is 24.6. The normalized spacial score (nSPS) is 11.0. The minimum absolute atomic E-state index is 1.17. The van der Waals surface area contributed by atoms with Crippen LogP contribution in [0.2, 0.25) is 0 Å². The highest BCUT2D eigenvalue weighted by atomic mass is 32.1. The lowest BCUT2D eigenvalue weighted by atomic mass is 10.0. The quantitative estimate of drug-likeness (QED) is 0.170. The Bertz CT molecular complexity index is 654. The zero-order valence-electron chi connectivity index (χ0n) is 20.3. The molecule has 178 valence electrons. The SMILES string of the molecule is CCCCCCCCCCc1nc2c(CCCCCCCCCC)cccc2s1.NS. The van der Waals surface area contributed by atoms with Crippen LogP contribution in [0.5, 0.6) is 0 Å². The molecule has 0 radical (unpaired) electrons. The topological polar surface area (TPSA) is 38.9 Å². The molecule has 2 rings (SSSR count). The number of nitrogens with two attached hydrogens (primary N) is 1. The first kappa shape index (κ1) is 28.5. The summed E-state index contributed by atoms with van der Waals surface area (Å²) in [6.45, 7) is 4.58. The van der Waals surface area contributed by atoms with Crippen LogP contribution in [-0.4, -0.2) is 4.98 Å². The summed E-state index contributed by atoms with van der Waals surface area (Å²) in [5.41, 5.74) is 2.78. The predicted molar refractivity (Wildman–Crippen MR) is 145 cm³/mol. The third-order valence-electron chi connectivity index (χ3n) is 6.09. The lowest BCUT2D eigenvalue weighted by Crippen LogP contribution is -1.89. The van der Waals surface area contributed by atoms with Crippen LogP contribution in [0.25, 0.3) is 10.2 Å². The average molecular weight is 465 g/mol. The van der Waals surface area contributed by atoms with Gasteiger partial charge < -0.3 is 0 Å². The van der Waals surface area contributed by atoms with Gasteiger partial charge in [-0.25, -0.2) is 4.98 Å². The van der Waals surface area contributed by atoms with Crippen LogP contribution in [0.15, 0.2) is 18.2 Å². The van der Waals surface area contributed by atoms with Gasteiger partial charge in [-0.1, -0.05) is 116 Å². The van der Waals surface area contributed by atoms with Gasteiger partial charge in [0.15, 0.2) is 0 Å². The summed E-state index contributed by atoms with van der Waals surface area (Å²) >= 11 is 4.96. The molecule has 1 heterocycles. The maximum Gasteiger partial charge on any atom is 0.0938 e. The van der Waals surface area contributed by atoms with Gasteiger partial charge in [0, 0.05) is 0 Å². The predicted octanol–water partition coefficient (Wildman–Crippen LogP) is 9.45. The van der Waals surface area contributed by atoms with Crippen molar-refractivity contribution in [3.8, 4) is 0 Å². The number of aryl methyl sites for hydroxylation is 2. The third-order valence-corrected chi connectivity index (χ3v) is 7.17. The molecule has 0 spiro atoms. The van der Waals surface area contributed by atoms with Crippen molar-refractivity contribution in [2.45, 2.75) is 129 Å². The number of hydrogen-bond acceptors (Lipinski definition) is 4. The number of rotatable bonds is 18. The summed E-state index contributed by atoms with van der Waals surface area (Å²) in [6, 6.07) is 6.81. The first-order valence-corrected chi connectivity index (χ1v) is 14.3. The molecule has 2 nitrogen and oxygen atoms in total. The highest BCUT2D eigenvalue weighted by Crippen LogP contribution is 2.27. The number of benzene rings is 1. The highest BCUT2D eigenvalue weighted by Gasteiger charge is 2.08. The van der Waals surface area contributed by atoms with Gasteiger partial charge in [0.05, 0.1) is 15.2 Å². The van der Waals surface area contributed by atoms with Crippen molar-refractivity contribution in [1.29, 1.82) is 0 Å². The van der Waals surface area contributed by atoms with E-state index in [1.165, 1.54) is 136 Å². The Labute approximate surface area is 202 Å². The smallest absolute Gasteiger partial charge is 0.0938 e. The van der Waals surface area contributed by atoms with Crippen molar-refractivity contribution >= 4 is 34.4 Å². The van der Waals surface area contributed by atoms with Crippen LogP contribution in [0.3, 0.4) is 0 Å². The van der Waals surface area contributed by atoms with E-state index in [1.807, 2.05) is 11.3 Å². The van der Waals surface area contributed by atoms with Crippen molar-refractivity contribution < 1.29 is 0 Å². The van der Waals surface area contributed by atoms with E-state index >= 15 is 0 Å². The summed E-state index contributed by atoms with van der Waals surface area (Å²) in [4.78, 5) is 5.04. The Morgan fingerprint density at radius 2 is 1.16 bits per heavy atom. The molecule has 0 unspecified atom stereocenters. The molecule has 0 aliphatic heterocycles. The van der Waals surface area contributed by atoms with E-state index in [0.29, 0.717) is 0 Å². The van der Waals surface area contributed by atoms with Crippen LogP contribution < -0.4 is 5.14 Å². The first-order chi connectivity index (χ1) is 15.3. The minimum Gasteiger partial charge on any atom is -0.281 e. The average Bonchev–Trinajstić information content (AvgIpc) is 3.22. The molecular formula is C27H48N2S2. The number of unbranched alkanes of at least 4 members (excludes halogenated alkanes) is 14. The molecule has 0 aliphatic carbocycles. The molecule has 1 aromatic carbocycles. The Morgan fingerprint density at radius 3 is 1.71 bits per heavy atom. The first-order valence-electron chi connectivity index (χ1n) is 13.0. The maximum atomic E-state index is 5.04. The van der Waals surface area contributed by atoms with Gasteiger partial charge in [0.2, 0.25) is 0 Å². The van der Waals surface area contributed by atoms with Crippen molar-refractivity contribution in [2.75, 3.05) is 0 Å². The maximum absolute atomic E-state index is 5.04. The summed E-state index contributed by atoms with van der Waals surface area (Å²) in [5, 5.41) is 5.55. The number of hydrogen-bond donors (Lipinski definition) is 2. The van der Waals surface area contributed by atoms with E-state index in [-0.39, 0.29) is 0 Å². The van der Waals surface area contributed by atoms with E-state index in [1.54, 1.807) is 0 Å². The monoisotopic (exact) mass is 464 g/mol. The number of fused-ring (bicyclic) bond motifs is 1. The molecule has 0 saturated carbocycles. The molecule has 0 saturated heterocycles. The Kier molecular flexibility index (Phi) is 18.4. The summed E-state index contributed by atoms with van der Waals surface area (Å²) < 4.78 is 1.40. The van der Waals surface area contributed by atoms with Crippen molar-refractivity contribution in [3.63, 3.8) is 0 Å². The zero-order valence-corrected chi connectivity index (χ0v) is 22.1. The molecule has 0 bridgehead atoms. The van der Waals surface area contributed by atoms with E-state index in [4.69, 9.17) is 4.98 Å². The van der Waals surface area contributed by atoms with Crippen LogP contribution in [0.4, 0.5) is 0 Å². The van der Waals surface area contributed by atoms with Crippen LogP contribution in [-0.2, 0) is 12.8 Å². The summed E-state index contributed by atoms with van der Waals surface area (Å²) in [7, 11) is 0. The van der Waals surface area contributed by atoms with Crippen LogP contribution >= 0.6 is 24.2 Å². The van der Waals surface area contributed by atoms with Gasteiger partial charge in [-0.2, -0.15) is 0 Å². The molecule has 2 N–H and O–H groups in total. The van der Waals surface area contributed by atoms with Gasteiger partial charge >= 0.3 is 0 Å². The highest BCUT2D eigenvalue weighted by molar-refractivity contribution is 7.77. The molecule has 4 heteroatoms. The molecule has 2 aromatic rings. The second-order valence-corrected chi connectivity index (χ2v) is 9.94. The minimum atomic E-state index is 1.17. The van der Waals surface area contributed by atoms with E-state index in [0.717, 1.165) is 0 Å². The summed E-state index contributed by atoms with van der Waals surface area (Å²) in [5.74, 6) is 0. The standard InChI is InChI=1S/C27H45NS.H3NS/c1-3-5-7-9-11-13-15-17-20-24-21-19-22-25-27(24)28-26(29-25)23-18-16-14-12-10-8-6-4-2;1-2/h19,21-22H,3-18,20,23H2,1-2H3;2H,1H2. The molecule has 1 aromatic heterocycles. The van der Waals surface area contributed by atoms with Gasteiger partial charge in [0.1, 0.15) is 0 Å². The zero-order chi connectivity index (χ0) is 22.6. The number of thiol groups is 1. The molecule has 0 fully saturated rings. The number of thiazole rings is 1. The lowest BCUT2D eigenvalue weighted by molar-refractivity contribution is 0.575. The fourth-order valence-electron chi connectivity index (χ4n) is 4.22. The molecular weight excluding hydrogens is 416 g/mol. The van der Waals surface area contributed by atoms with Crippen LogP contribution in [0.1, 0.15) is 127 Å². The molecule has 0 amide bonds. The Hall–Kier alpha value is -0.580. The number of para-hydroxylation sites is 1. The molecule has 0 aliphatic rings. The van der Waals surface area contributed by atoms with Crippen LogP contribution in [0, 0.1) is 0 Å². The van der Waals surface area contributed by atoms with Crippen molar-refractivity contribution in [2.24, 2.45) is 5.14 Å². The Balaban J connectivity index is 0.00000233.